The number of halogens is 3. The third-order valence-electron chi connectivity index (χ3n) is 2.96. The molecule has 0 amide bonds. The fraction of sp³-hybridized carbons (Fsp3) is 0.308. The largest absolute Gasteiger partial charge is 0.417 e. The van der Waals surface area contributed by atoms with Crippen LogP contribution in [0.25, 0.3) is 10.9 Å². The van der Waals surface area contributed by atoms with E-state index in [1.54, 1.807) is 6.92 Å². The summed E-state index contributed by atoms with van der Waals surface area (Å²) in [7, 11) is -4.30. The molecule has 0 aliphatic carbocycles. The topological polar surface area (TPSA) is 79.0 Å². The molecule has 1 aromatic carbocycles. The first-order valence-corrected chi connectivity index (χ1v) is 7.87. The highest BCUT2D eigenvalue weighted by molar-refractivity contribution is 7.89. The van der Waals surface area contributed by atoms with Crippen LogP contribution in [0.2, 0.25) is 0 Å². The number of hydrogen-bond donors (Lipinski definition) is 2. The summed E-state index contributed by atoms with van der Waals surface area (Å²) in [6.45, 7) is 1.72. The molecule has 0 atom stereocenters. The normalized spacial score (nSPS) is 12.7. The molecule has 0 fully saturated rings. The molecule has 22 heavy (non-hydrogen) atoms. The molecular weight excluding hydrogens is 321 g/mol. The SMILES string of the molecule is CCCNS(=O)(=O)c1cc2ccc(=O)[nH]c2cc1C(F)(F)F. The van der Waals surface area contributed by atoms with Crippen molar-refractivity contribution >= 4 is 20.9 Å². The first kappa shape index (κ1) is 16.5. The van der Waals surface area contributed by atoms with E-state index in [-0.39, 0.29) is 17.4 Å². The van der Waals surface area contributed by atoms with Crippen LogP contribution in [0.5, 0.6) is 0 Å². The van der Waals surface area contributed by atoms with Gasteiger partial charge in [-0.05, 0) is 30.0 Å². The van der Waals surface area contributed by atoms with Gasteiger partial charge in [0, 0.05) is 18.1 Å². The van der Waals surface area contributed by atoms with E-state index in [0.29, 0.717) is 12.5 Å². The summed E-state index contributed by atoms with van der Waals surface area (Å²) in [5.41, 5.74) is -1.96. The standard InChI is InChI=1S/C13H13F3N2O3S/c1-2-5-17-22(20,21)11-6-8-3-4-12(19)18-10(8)7-9(11)13(14,15)16/h3-4,6-7,17H,2,5H2,1H3,(H,18,19). The lowest BCUT2D eigenvalue weighted by Crippen LogP contribution is -2.27. The first-order chi connectivity index (χ1) is 10.1. The third kappa shape index (κ3) is 3.30. The van der Waals surface area contributed by atoms with Gasteiger partial charge in [-0.1, -0.05) is 6.92 Å². The van der Waals surface area contributed by atoms with E-state index in [2.05, 4.69) is 9.71 Å². The Balaban J connectivity index is 2.76. The molecule has 0 bridgehead atoms. The van der Waals surface area contributed by atoms with Crippen molar-refractivity contribution in [3.63, 3.8) is 0 Å². The number of aromatic amines is 1. The van der Waals surface area contributed by atoms with Crippen LogP contribution >= 0.6 is 0 Å². The summed E-state index contributed by atoms with van der Waals surface area (Å²) in [6, 6.07) is 3.93. The molecule has 0 aliphatic heterocycles. The zero-order chi connectivity index (χ0) is 16.5. The predicted octanol–water partition coefficient (Wildman–Crippen LogP) is 2.24. The van der Waals surface area contributed by atoms with Gasteiger partial charge in [0.2, 0.25) is 15.6 Å². The number of H-pyrrole nitrogens is 1. The van der Waals surface area contributed by atoms with Crippen molar-refractivity contribution in [2.24, 2.45) is 0 Å². The monoisotopic (exact) mass is 334 g/mol. The van der Waals surface area contributed by atoms with Gasteiger partial charge in [-0.25, -0.2) is 13.1 Å². The van der Waals surface area contributed by atoms with Gasteiger partial charge < -0.3 is 4.98 Å². The molecule has 0 radical (unpaired) electrons. The number of aromatic nitrogens is 1. The summed E-state index contributed by atoms with van der Waals surface area (Å²) >= 11 is 0. The average Bonchev–Trinajstić information content (AvgIpc) is 2.42. The van der Waals surface area contributed by atoms with Crippen LogP contribution in [-0.4, -0.2) is 19.9 Å². The second-order valence-electron chi connectivity index (χ2n) is 4.65. The first-order valence-electron chi connectivity index (χ1n) is 6.39. The van der Waals surface area contributed by atoms with Crippen LogP contribution in [0.3, 0.4) is 0 Å². The molecule has 120 valence electrons. The highest BCUT2D eigenvalue weighted by Crippen LogP contribution is 2.36. The summed E-state index contributed by atoms with van der Waals surface area (Å²) in [5.74, 6) is 0. The quantitative estimate of drug-likeness (QED) is 0.900. The Bertz CT molecular complexity index is 857. The Morgan fingerprint density at radius 2 is 1.91 bits per heavy atom. The summed E-state index contributed by atoms with van der Waals surface area (Å²) in [5, 5.41) is 0.199. The van der Waals surface area contributed by atoms with Crippen molar-refractivity contribution in [1.82, 2.24) is 9.71 Å². The Labute approximate surface area is 124 Å². The van der Waals surface area contributed by atoms with Crippen LogP contribution in [0, 0.1) is 0 Å². The van der Waals surface area contributed by atoms with Crippen LogP contribution in [0.1, 0.15) is 18.9 Å². The van der Waals surface area contributed by atoms with Crippen molar-refractivity contribution in [1.29, 1.82) is 0 Å². The van der Waals surface area contributed by atoms with Gasteiger partial charge in [-0.3, -0.25) is 4.79 Å². The minimum absolute atomic E-state index is 0.0310. The molecule has 5 nitrogen and oxygen atoms in total. The van der Waals surface area contributed by atoms with E-state index < -0.39 is 32.2 Å². The maximum Gasteiger partial charge on any atom is 0.417 e. The van der Waals surface area contributed by atoms with Crippen molar-refractivity contribution in [2.45, 2.75) is 24.4 Å². The molecule has 0 spiro atoms. The summed E-state index contributed by atoms with van der Waals surface area (Å²) in [6.07, 6.45) is -4.42. The zero-order valence-electron chi connectivity index (χ0n) is 11.5. The minimum Gasteiger partial charge on any atom is -0.322 e. The van der Waals surface area contributed by atoms with Crippen LogP contribution in [-0.2, 0) is 16.2 Å². The van der Waals surface area contributed by atoms with Crippen molar-refractivity contribution < 1.29 is 21.6 Å². The minimum atomic E-state index is -4.86. The van der Waals surface area contributed by atoms with Gasteiger partial charge in [-0.15, -0.1) is 0 Å². The third-order valence-corrected chi connectivity index (χ3v) is 4.46. The maximum absolute atomic E-state index is 13.1. The van der Waals surface area contributed by atoms with Crippen molar-refractivity contribution in [2.75, 3.05) is 6.54 Å². The fourth-order valence-corrected chi connectivity index (χ4v) is 3.31. The number of fused-ring (bicyclic) bond motifs is 1. The van der Waals surface area contributed by atoms with E-state index in [9.17, 15) is 26.4 Å². The number of alkyl halides is 3. The van der Waals surface area contributed by atoms with Gasteiger partial charge in [0.1, 0.15) is 0 Å². The van der Waals surface area contributed by atoms with E-state index in [1.165, 1.54) is 6.07 Å². The molecule has 0 saturated carbocycles. The predicted molar refractivity (Wildman–Crippen MR) is 75.1 cm³/mol. The molecule has 0 unspecified atom stereocenters. The van der Waals surface area contributed by atoms with Gasteiger partial charge in [-0.2, -0.15) is 13.2 Å². The van der Waals surface area contributed by atoms with E-state index in [0.717, 1.165) is 12.1 Å². The van der Waals surface area contributed by atoms with Crippen molar-refractivity contribution in [3.05, 3.63) is 40.2 Å². The van der Waals surface area contributed by atoms with Gasteiger partial charge in [0.05, 0.1) is 10.5 Å². The molecule has 9 heteroatoms. The molecule has 0 saturated heterocycles. The second kappa shape index (κ2) is 5.73. The Morgan fingerprint density at radius 3 is 2.50 bits per heavy atom. The molecule has 2 rings (SSSR count). The van der Waals surface area contributed by atoms with E-state index in [4.69, 9.17) is 0 Å². The number of nitrogens with one attached hydrogen (secondary N) is 2. The van der Waals surface area contributed by atoms with E-state index >= 15 is 0 Å². The highest BCUT2D eigenvalue weighted by Gasteiger charge is 2.37. The van der Waals surface area contributed by atoms with Gasteiger partial charge in [0.25, 0.3) is 0 Å². The Morgan fingerprint density at radius 1 is 1.23 bits per heavy atom. The summed E-state index contributed by atoms with van der Waals surface area (Å²) in [4.78, 5) is 12.6. The molecule has 0 aliphatic rings. The lowest BCUT2D eigenvalue weighted by molar-refractivity contribution is -0.139. The zero-order valence-corrected chi connectivity index (χ0v) is 12.3. The van der Waals surface area contributed by atoms with Crippen LogP contribution in [0.15, 0.2) is 34.0 Å². The Hall–Kier alpha value is -1.87. The van der Waals surface area contributed by atoms with Crippen molar-refractivity contribution in [3.8, 4) is 0 Å². The highest BCUT2D eigenvalue weighted by atomic mass is 32.2. The number of rotatable bonds is 4. The molecular formula is C13H13F3N2O3S. The molecule has 1 heterocycles. The maximum atomic E-state index is 13.1. The molecule has 2 N–H and O–H groups in total. The number of pyridine rings is 1. The Kier molecular flexibility index (Phi) is 4.30. The van der Waals surface area contributed by atoms with Crippen LogP contribution in [0.4, 0.5) is 13.2 Å². The molecule has 1 aromatic heterocycles. The van der Waals surface area contributed by atoms with Gasteiger partial charge >= 0.3 is 6.18 Å². The number of benzene rings is 1. The van der Waals surface area contributed by atoms with E-state index in [1.807, 2.05) is 0 Å². The number of hydrogen-bond acceptors (Lipinski definition) is 3. The lowest BCUT2D eigenvalue weighted by Gasteiger charge is -2.15. The van der Waals surface area contributed by atoms with Crippen LogP contribution < -0.4 is 10.3 Å². The molecule has 2 aromatic rings. The second-order valence-corrected chi connectivity index (χ2v) is 6.39. The van der Waals surface area contributed by atoms with Gasteiger partial charge in [0.15, 0.2) is 0 Å². The fourth-order valence-electron chi connectivity index (χ4n) is 1.94. The number of sulfonamides is 1. The lowest BCUT2D eigenvalue weighted by atomic mass is 10.1. The average molecular weight is 334 g/mol. The smallest absolute Gasteiger partial charge is 0.322 e. The summed E-state index contributed by atoms with van der Waals surface area (Å²) < 4.78 is 65.7.